The fraction of sp³-hybridized carbons (Fsp3) is 0. The molecule has 26 heavy (non-hydrogen) atoms. The molecule has 3 aromatic heterocycles. The number of rotatable bonds is 4. The predicted octanol–water partition coefficient (Wildman–Crippen LogP) is 4.11. The van der Waals surface area contributed by atoms with Crippen LogP contribution in [0.25, 0.3) is 23.1 Å². The van der Waals surface area contributed by atoms with Crippen molar-refractivity contribution in [3.8, 4) is 0 Å². The van der Waals surface area contributed by atoms with Gasteiger partial charge in [-0.1, -0.05) is 12.1 Å². The Balaban J connectivity index is 1.67. The minimum absolute atomic E-state index is 0.148. The SMILES string of the molecule is O=C(Nc1cc(F)c2[nH]nc(/C=C/c3cccnc3)c2c1)c1ccco1. The third kappa shape index (κ3) is 3.10. The molecule has 0 saturated heterocycles. The molecule has 1 aromatic carbocycles. The number of hydrogen-bond donors (Lipinski definition) is 2. The molecule has 0 saturated carbocycles. The molecule has 0 aliphatic heterocycles. The topological polar surface area (TPSA) is 83.8 Å². The first kappa shape index (κ1) is 15.8. The minimum atomic E-state index is -0.509. The van der Waals surface area contributed by atoms with E-state index in [2.05, 4.69) is 20.5 Å². The van der Waals surface area contributed by atoms with E-state index in [1.165, 1.54) is 18.4 Å². The molecular weight excluding hydrogens is 335 g/mol. The van der Waals surface area contributed by atoms with Gasteiger partial charge < -0.3 is 9.73 Å². The van der Waals surface area contributed by atoms with Gasteiger partial charge in [0.1, 0.15) is 5.52 Å². The lowest BCUT2D eigenvalue weighted by Crippen LogP contribution is -2.10. The van der Waals surface area contributed by atoms with Crippen LogP contribution in [0.4, 0.5) is 10.1 Å². The van der Waals surface area contributed by atoms with Crippen LogP contribution in [-0.4, -0.2) is 21.1 Å². The lowest BCUT2D eigenvalue weighted by molar-refractivity contribution is 0.0996. The zero-order valence-electron chi connectivity index (χ0n) is 13.4. The van der Waals surface area contributed by atoms with E-state index in [0.29, 0.717) is 16.8 Å². The number of H-pyrrole nitrogens is 1. The highest BCUT2D eigenvalue weighted by molar-refractivity contribution is 6.03. The number of aromatic amines is 1. The summed E-state index contributed by atoms with van der Waals surface area (Å²) in [5, 5.41) is 9.99. The third-order valence-corrected chi connectivity index (χ3v) is 3.78. The molecule has 3 heterocycles. The van der Waals surface area contributed by atoms with Crippen LogP contribution in [0, 0.1) is 5.82 Å². The normalized spacial score (nSPS) is 11.3. The van der Waals surface area contributed by atoms with Crippen molar-refractivity contribution in [1.29, 1.82) is 0 Å². The summed E-state index contributed by atoms with van der Waals surface area (Å²) in [7, 11) is 0. The predicted molar refractivity (Wildman–Crippen MR) is 95.9 cm³/mol. The summed E-state index contributed by atoms with van der Waals surface area (Å²) < 4.78 is 19.4. The molecule has 1 amide bonds. The van der Waals surface area contributed by atoms with Gasteiger partial charge in [0, 0.05) is 23.5 Å². The fourth-order valence-electron chi connectivity index (χ4n) is 2.55. The van der Waals surface area contributed by atoms with Crippen molar-refractivity contribution in [3.05, 3.63) is 77.9 Å². The number of furan rings is 1. The van der Waals surface area contributed by atoms with E-state index in [1.54, 1.807) is 30.6 Å². The van der Waals surface area contributed by atoms with Gasteiger partial charge in [0.15, 0.2) is 11.6 Å². The summed E-state index contributed by atoms with van der Waals surface area (Å²) in [4.78, 5) is 16.1. The lowest BCUT2D eigenvalue weighted by Gasteiger charge is -2.04. The molecule has 0 bridgehead atoms. The second-order valence-corrected chi connectivity index (χ2v) is 5.54. The van der Waals surface area contributed by atoms with Gasteiger partial charge in [-0.25, -0.2) is 4.39 Å². The molecule has 2 N–H and O–H groups in total. The van der Waals surface area contributed by atoms with Crippen molar-refractivity contribution in [2.24, 2.45) is 0 Å². The fourth-order valence-corrected chi connectivity index (χ4v) is 2.55. The zero-order valence-corrected chi connectivity index (χ0v) is 13.4. The number of fused-ring (bicyclic) bond motifs is 1. The average molecular weight is 348 g/mol. The second kappa shape index (κ2) is 6.64. The maximum absolute atomic E-state index is 14.3. The highest BCUT2D eigenvalue weighted by Crippen LogP contribution is 2.25. The van der Waals surface area contributed by atoms with Crippen LogP contribution < -0.4 is 5.32 Å². The summed E-state index contributed by atoms with van der Waals surface area (Å²) in [6.07, 6.45) is 8.38. The van der Waals surface area contributed by atoms with Crippen molar-refractivity contribution < 1.29 is 13.6 Å². The van der Waals surface area contributed by atoms with Gasteiger partial charge in [0.2, 0.25) is 0 Å². The maximum atomic E-state index is 14.3. The van der Waals surface area contributed by atoms with Crippen molar-refractivity contribution >= 4 is 34.6 Å². The number of pyridine rings is 1. The number of halogens is 1. The van der Waals surface area contributed by atoms with Crippen molar-refractivity contribution in [2.45, 2.75) is 0 Å². The molecule has 0 atom stereocenters. The van der Waals surface area contributed by atoms with Crippen LogP contribution in [0.15, 0.2) is 59.5 Å². The number of aromatic nitrogens is 3. The quantitative estimate of drug-likeness (QED) is 0.581. The second-order valence-electron chi connectivity index (χ2n) is 5.54. The Morgan fingerprint density at radius 1 is 1.23 bits per heavy atom. The zero-order chi connectivity index (χ0) is 17.9. The first-order valence-corrected chi connectivity index (χ1v) is 7.81. The summed E-state index contributed by atoms with van der Waals surface area (Å²) in [6, 6.07) is 9.75. The Kier molecular flexibility index (Phi) is 4.03. The number of benzene rings is 1. The molecule has 0 aliphatic rings. The van der Waals surface area contributed by atoms with E-state index in [0.717, 1.165) is 5.56 Å². The van der Waals surface area contributed by atoms with E-state index in [-0.39, 0.29) is 11.3 Å². The molecule has 7 heteroatoms. The molecule has 128 valence electrons. The molecule has 0 unspecified atom stereocenters. The van der Waals surface area contributed by atoms with Gasteiger partial charge in [-0.3, -0.25) is 14.9 Å². The Labute approximate surface area is 147 Å². The van der Waals surface area contributed by atoms with E-state index in [9.17, 15) is 9.18 Å². The van der Waals surface area contributed by atoms with Gasteiger partial charge in [-0.05, 0) is 42.0 Å². The molecule has 4 rings (SSSR count). The van der Waals surface area contributed by atoms with Gasteiger partial charge in [-0.15, -0.1) is 0 Å². The van der Waals surface area contributed by atoms with Gasteiger partial charge in [0.25, 0.3) is 5.91 Å². The molecule has 0 radical (unpaired) electrons. The minimum Gasteiger partial charge on any atom is -0.459 e. The van der Waals surface area contributed by atoms with Crippen molar-refractivity contribution in [3.63, 3.8) is 0 Å². The summed E-state index contributed by atoms with van der Waals surface area (Å²) in [5.41, 5.74) is 2.03. The standard InChI is InChI=1S/C19H13FN4O2/c20-15-10-13(22-19(25)17-4-2-8-26-17)9-14-16(23-24-18(14)15)6-5-12-3-1-7-21-11-12/h1-11H,(H,22,25)(H,23,24)/b6-5+. The lowest BCUT2D eigenvalue weighted by atomic mass is 10.1. The van der Waals surface area contributed by atoms with E-state index in [4.69, 9.17) is 4.42 Å². The first-order chi connectivity index (χ1) is 12.7. The van der Waals surface area contributed by atoms with Crippen LogP contribution >= 0.6 is 0 Å². The van der Waals surface area contributed by atoms with Gasteiger partial charge in [-0.2, -0.15) is 5.10 Å². The Morgan fingerprint density at radius 2 is 2.15 bits per heavy atom. The van der Waals surface area contributed by atoms with E-state index >= 15 is 0 Å². The van der Waals surface area contributed by atoms with Gasteiger partial charge in [0.05, 0.1) is 12.0 Å². The number of hydrogen-bond acceptors (Lipinski definition) is 4. The van der Waals surface area contributed by atoms with Gasteiger partial charge >= 0.3 is 0 Å². The maximum Gasteiger partial charge on any atom is 0.291 e. The van der Waals surface area contributed by atoms with Crippen LogP contribution in [0.5, 0.6) is 0 Å². The van der Waals surface area contributed by atoms with Crippen molar-refractivity contribution in [1.82, 2.24) is 15.2 Å². The van der Waals surface area contributed by atoms with E-state index in [1.807, 2.05) is 18.2 Å². The number of nitrogens with one attached hydrogen (secondary N) is 2. The number of carbonyl (C=O) groups is 1. The van der Waals surface area contributed by atoms with Crippen molar-refractivity contribution in [2.75, 3.05) is 5.32 Å². The summed E-state index contributed by atoms with van der Waals surface area (Å²) in [5.74, 6) is -0.815. The molecule has 4 aromatic rings. The van der Waals surface area contributed by atoms with Crippen LogP contribution in [0.2, 0.25) is 0 Å². The molecule has 6 nitrogen and oxygen atoms in total. The first-order valence-electron chi connectivity index (χ1n) is 7.81. The molecular formula is C19H13FN4O2. The summed E-state index contributed by atoms with van der Waals surface area (Å²) in [6.45, 7) is 0. The molecule has 0 aliphatic carbocycles. The van der Waals surface area contributed by atoms with Crippen LogP contribution in [-0.2, 0) is 0 Å². The molecule has 0 spiro atoms. The summed E-state index contributed by atoms with van der Waals surface area (Å²) >= 11 is 0. The Morgan fingerprint density at radius 3 is 2.92 bits per heavy atom. The number of amides is 1. The monoisotopic (exact) mass is 348 g/mol. The average Bonchev–Trinajstić information content (AvgIpc) is 3.31. The molecule has 0 fully saturated rings. The van der Waals surface area contributed by atoms with Crippen LogP contribution in [0.3, 0.4) is 0 Å². The largest absolute Gasteiger partial charge is 0.459 e. The Bertz CT molecular complexity index is 1090. The highest BCUT2D eigenvalue weighted by Gasteiger charge is 2.13. The highest BCUT2D eigenvalue weighted by atomic mass is 19.1. The number of carbonyl (C=O) groups excluding carboxylic acids is 1. The smallest absolute Gasteiger partial charge is 0.291 e. The number of nitrogens with zero attached hydrogens (tertiary/aromatic N) is 2. The Hall–Kier alpha value is -3.74. The van der Waals surface area contributed by atoms with Crippen LogP contribution in [0.1, 0.15) is 21.8 Å². The number of anilines is 1. The third-order valence-electron chi connectivity index (χ3n) is 3.78. The van der Waals surface area contributed by atoms with E-state index < -0.39 is 11.7 Å².